The van der Waals surface area contributed by atoms with Crippen LogP contribution in [0, 0.1) is 5.41 Å². The molecule has 0 saturated heterocycles. The fourth-order valence-corrected chi connectivity index (χ4v) is 1.90. The van der Waals surface area contributed by atoms with Gasteiger partial charge in [0, 0.05) is 12.5 Å². The fraction of sp³-hybridized carbons (Fsp3) is 0.818. The molecule has 0 radical (unpaired) electrons. The van der Waals surface area contributed by atoms with Gasteiger partial charge in [0.2, 0.25) is 5.89 Å². The summed E-state index contributed by atoms with van der Waals surface area (Å²) in [6.07, 6.45) is 1.12. The Hall–Kier alpha value is -0.940. The van der Waals surface area contributed by atoms with Gasteiger partial charge < -0.3 is 15.2 Å². The summed E-state index contributed by atoms with van der Waals surface area (Å²) in [5, 5.41) is 3.96. The van der Waals surface area contributed by atoms with E-state index in [9.17, 15) is 0 Å². The molecule has 1 aromatic rings. The summed E-state index contributed by atoms with van der Waals surface area (Å²) in [6, 6.07) is -0.172. The highest BCUT2D eigenvalue weighted by Crippen LogP contribution is 2.58. The second-order valence-electron chi connectivity index (χ2n) is 5.60. The van der Waals surface area contributed by atoms with Gasteiger partial charge >= 0.3 is 0 Å². The van der Waals surface area contributed by atoms with Crippen molar-refractivity contribution >= 4 is 0 Å². The molecule has 0 aromatic carbocycles. The van der Waals surface area contributed by atoms with Crippen LogP contribution in [0.2, 0.25) is 0 Å². The Morgan fingerprint density at radius 1 is 1.56 bits per heavy atom. The van der Waals surface area contributed by atoms with Crippen LogP contribution in [0.5, 0.6) is 0 Å². The predicted octanol–water partition coefficient (Wildman–Crippen LogP) is 1.14. The van der Waals surface area contributed by atoms with Gasteiger partial charge in [0.15, 0.2) is 5.82 Å². The van der Waals surface area contributed by atoms with Crippen LogP contribution in [-0.4, -0.2) is 35.7 Å². The molecule has 0 aliphatic heterocycles. The first-order valence-electron chi connectivity index (χ1n) is 5.64. The van der Waals surface area contributed by atoms with Crippen LogP contribution in [0.1, 0.15) is 43.9 Å². The molecule has 1 fully saturated rings. The van der Waals surface area contributed by atoms with Gasteiger partial charge in [0.25, 0.3) is 0 Å². The summed E-state index contributed by atoms with van der Waals surface area (Å²) in [6.45, 7) is 5.15. The van der Waals surface area contributed by atoms with Gasteiger partial charge in [-0.25, -0.2) is 0 Å². The number of aromatic nitrogens is 2. The number of likely N-dealkylation sites (N-methyl/N-ethyl adjacent to an activating group) is 1. The van der Waals surface area contributed by atoms with Crippen molar-refractivity contribution in [3.63, 3.8) is 0 Å². The van der Waals surface area contributed by atoms with E-state index in [0.717, 1.165) is 18.9 Å². The van der Waals surface area contributed by atoms with Gasteiger partial charge in [-0.2, -0.15) is 4.98 Å². The first-order chi connectivity index (χ1) is 7.40. The monoisotopic (exact) mass is 224 g/mol. The number of hydrogen-bond donors (Lipinski definition) is 1. The predicted molar refractivity (Wildman–Crippen MR) is 60.9 cm³/mol. The third kappa shape index (κ3) is 2.25. The minimum atomic E-state index is -0.172. The molecular formula is C11H20N4O. The number of hydrogen-bond acceptors (Lipinski definition) is 5. The van der Waals surface area contributed by atoms with Crippen molar-refractivity contribution in [3.8, 4) is 0 Å². The van der Waals surface area contributed by atoms with Crippen LogP contribution in [0.3, 0.4) is 0 Å². The lowest BCUT2D eigenvalue weighted by Gasteiger charge is -2.12. The normalized spacial score (nSPS) is 24.8. The van der Waals surface area contributed by atoms with Gasteiger partial charge in [0.05, 0.1) is 6.04 Å². The molecule has 1 aliphatic rings. The lowest BCUT2D eigenvalue weighted by molar-refractivity contribution is 0.342. The number of rotatable bonds is 4. The van der Waals surface area contributed by atoms with Crippen molar-refractivity contribution in [1.82, 2.24) is 15.0 Å². The lowest BCUT2D eigenvalue weighted by atomic mass is 10.1. The molecular weight excluding hydrogens is 204 g/mol. The van der Waals surface area contributed by atoms with Gasteiger partial charge in [-0.3, -0.25) is 0 Å². The standard InChI is InChI=1S/C11H20N4O/c1-11(2)5-7(11)10-13-9(14-16-10)8(12)6-15(3)4/h7-8H,5-6,12H2,1-4H3. The van der Waals surface area contributed by atoms with E-state index in [1.54, 1.807) is 0 Å². The zero-order valence-corrected chi connectivity index (χ0v) is 10.4. The maximum Gasteiger partial charge on any atom is 0.230 e. The molecule has 2 unspecified atom stereocenters. The quantitative estimate of drug-likeness (QED) is 0.830. The van der Waals surface area contributed by atoms with Crippen LogP contribution >= 0.6 is 0 Å². The van der Waals surface area contributed by atoms with E-state index in [-0.39, 0.29) is 6.04 Å². The van der Waals surface area contributed by atoms with Crippen LogP contribution < -0.4 is 5.73 Å². The van der Waals surface area contributed by atoms with Crippen molar-refractivity contribution in [1.29, 1.82) is 0 Å². The Bertz CT molecular complexity index is 372. The van der Waals surface area contributed by atoms with Crippen molar-refractivity contribution in [2.24, 2.45) is 11.1 Å². The van der Waals surface area contributed by atoms with Crippen molar-refractivity contribution in [3.05, 3.63) is 11.7 Å². The van der Waals surface area contributed by atoms with Crippen LogP contribution in [-0.2, 0) is 0 Å². The zero-order chi connectivity index (χ0) is 11.9. The van der Waals surface area contributed by atoms with Crippen molar-refractivity contribution < 1.29 is 4.52 Å². The Morgan fingerprint density at radius 3 is 2.69 bits per heavy atom. The second kappa shape index (κ2) is 3.82. The molecule has 0 amide bonds. The summed E-state index contributed by atoms with van der Waals surface area (Å²) in [7, 11) is 3.95. The summed E-state index contributed by atoms with van der Waals surface area (Å²) in [5.41, 5.74) is 6.29. The first kappa shape index (κ1) is 11.5. The summed E-state index contributed by atoms with van der Waals surface area (Å²) in [4.78, 5) is 6.41. The molecule has 2 N–H and O–H groups in total. The maximum atomic E-state index is 5.97. The van der Waals surface area contributed by atoms with Crippen LogP contribution in [0.15, 0.2) is 4.52 Å². The Labute approximate surface area is 96.0 Å². The van der Waals surface area contributed by atoms with E-state index in [0.29, 0.717) is 17.2 Å². The Balaban J connectivity index is 2.03. The Kier molecular flexibility index (Phi) is 2.75. The molecule has 90 valence electrons. The largest absolute Gasteiger partial charge is 0.339 e. The highest BCUT2D eigenvalue weighted by Gasteiger charge is 2.50. The van der Waals surface area contributed by atoms with E-state index >= 15 is 0 Å². The molecule has 1 aliphatic carbocycles. The van der Waals surface area contributed by atoms with Crippen molar-refractivity contribution in [2.75, 3.05) is 20.6 Å². The van der Waals surface area contributed by atoms with Crippen LogP contribution in [0.4, 0.5) is 0 Å². The van der Waals surface area contributed by atoms with Gasteiger partial charge in [-0.05, 0) is 25.9 Å². The molecule has 2 rings (SSSR count). The smallest absolute Gasteiger partial charge is 0.230 e. The summed E-state index contributed by atoms with van der Waals surface area (Å²) in [5.74, 6) is 1.78. The molecule has 0 bridgehead atoms. The van der Waals surface area contributed by atoms with Crippen molar-refractivity contribution in [2.45, 2.75) is 32.2 Å². The molecule has 1 aromatic heterocycles. The van der Waals surface area contributed by atoms with E-state index < -0.39 is 0 Å². The maximum absolute atomic E-state index is 5.97. The molecule has 1 heterocycles. The van der Waals surface area contributed by atoms with Gasteiger partial charge in [-0.15, -0.1) is 0 Å². The summed E-state index contributed by atoms with van der Waals surface area (Å²) < 4.78 is 5.27. The van der Waals surface area contributed by atoms with E-state index in [2.05, 4.69) is 24.0 Å². The highest BCUT2D eigenvalue weighted by atomic mass is 16.5. The topological polar surface area (TPSA) is 68.2 Å². The minimum Gasteiger partial charge on any atom is -0.339 e. The molecule has 5 heteroatoms. The van der Waals surface area contributed by atoms with E-state index in [1.165, 1.54) is 0 Å². The number of nitrogens with zero attached hydrogens (tertiary/aromatic N) is 3. The fourth-order valence-electron chi connectivity index (χ4n) is 1.90. The molecule has 5 nitrogen and oxygen atoms in total. The average molecular weight is 224 g/mol. The van der Waals surface area contributed by atoms with Crippen LogP contribution in [0.25, 0.3) is 0 Å². The third-order valence-electron chi connectivity index (χ3n) is 3.16. The molecule has 1 saturated carbocycles. The SMILES string of the molecule is CN(C)CC(N)c1noc(C2CC2(C)C)n1. The second-order valence-corrected chi connectivity index (χ2v) is 5.60. The van der Waals surface area contributed by atoms with Gasteiger partial charge in [0.1, 0.15) is 0 Å². The average Bonchev–Trinajstić information content (AvgIpc) is 2.64. The molecule has 0 spiro atoms. The lowest BCUT2D eigenvalue weighted by Crippen LogP contribution is -2.26. The first-order valence-corrected chi connectivity index (χ1v) is 5.64. The van der Waals surface area contributed by atoms with Gasteiger partial charge in [-0.1, -0.05) is 19.0 Å². The van der Waals surface area contributed by atoms with E-state index in [4.69, 9.17) is 10.3 Å². The zero-order valence-electron chi connectivity index (χ0n) is 10.4. The molecule has 2 atom stereocenters. The number of nitrogens with two attached hydrogens (primary N) is 1. The van der Waals surface area contributed by atoms with E-state index in [1.807, 2.05) is 19.0 Å². The summed E-state index contributed by atoms with van der Waals surface area (Å²) >= 11 is 0. The Morgan fingerprint density at radius 2 is 2.19 bits per heavy atom. The minimum absolute atomic E-state index is 0.172. The third-order valence-corrected chi connectivity index (χ3v) is 3.16. The molecule has 16 heavy (non-hydrogen) atoms. The highest BCUT2D eigenvalue weighted by molar-refractivity contribution is 5.13.